The maximum Gasteiger partial charge on any atom is 0.244 e. The number of unbranched alkanes of at least 4 members (excludes halogenated alkanes) is 1. The first kappa shape index (κ1) is 30.7. The summed E-state index contributed by atoms with van der Waals surface area (Å²) in [5, 5.41) is 3.17. The number of hydrogen-bond acceptors (Lipinski definition) is 4. The van der Waals surface area contributed by atoms with Gasteiger partial charge in [0.2, 0.25) is 21.8 Å². The smallest absolute Gasteiger partial charge is 0.244 e. The molecule has 0 heterocycles. The van der Waals surface area contributed by atoms with Gasteiger partial charge in [-0.05, 0) is 41.8 Å². The number of halogens is 2. The Kier molecular flexibility index (Phi) is 11.4. The molecule has 208 valence electrons. The van der Waals surface area contributed by atoms with Crippen molar-refractivity contribution in [3.63, 3.8) is 0 Å². The second kappa shape index (κ2) is 14.5. The van der Waals surface area contributed by atoms with Gasteiger partial charge in [-0.25, -0.2) is 8.42 Å². The van der Waals surface area contributed by atoms with Gasteiger partial charge >= 0.3 is 0 Å². The number of benzene rings is 3. The second-order valence-corrected chi connectivity index (χ2v) is 12.5. The number of carbonyl (C=O) groups excluding carboxylic acids is 2. The zero-order valence-electron chi connectivity index (χ0n) is 22.0. The molecule has 1 N–H and O–H groups in total. The highest BCUT2D eigenvalue weighted by molar-refractivity contribution is 9.10. The molecule has 0 aromatic heterocycles. The van der Waals surface area contributed by atoms with E-state index in [1.807, 2.05) is 61.5 Å². The molecule has 3 aromatic rings. The quantitative estimate of drug-likeness (QED) is 0.254. The van der Waals surface area contributed by atoms with Gasteiger partial charge in [0.25, 0.3) is 0 Å². The Morgan fingerprint density at radius 1 is 0.974 bits per heavy atom. The maximum absolute atomic E-state index is 14.0. The second-order valence-electron chi connectivity index (χ2n) is 9.22. The minimum atomic E-state index is -3.88. The molecule has 0 aliphatic rings. The predicted octanol–water partition coefficient (Wildman–Crippen LogP) is 5.42. The van der Waals surface area contributed by atoms with E-state index in [0.29, 0.717) is 6.54 Å². The van der Waals surface area contributed by atoms with Crippen LogP contribution in [0.3, 0.4) is 0 Å². The van der Waals surface area contributed by atoms with E-state index in [1.165, 1.54) is 4.90 Å². The Morgan fingerprint density at radius 2 is 1.64 bits per heavy atom. The van der Waals surface area contributed by atoms with Crippen molar-refractivity contribution in [3.8, 4) is 0 Å². The van der Waals surface area contributed by atoms with E-state index in [1.54, 1.807) is 24.3 Å². The average molecular weight is 635 g/mol. The normalized spacial score (nSPS) is 12.0. The van der Waals surface area contributed by atoms with Gasteiger partial charge < -0.3 is 10.2 Å². The summed E-state index contributed by atoms with van der Waals surface area (Å²) in [4.78, 5) is 29.1. The highest BCUT2D eigenvalue weighted by Crippen LogP contribution is 2.28. The molecule has 10 heteroatoms. The van der Waals surface area contributed by atoms with E-state index >= 15 is 0 Å². The highest BCUT2D eigenvalue weighted by Gasteiger charge is 2.33. The Bertz CT molecular complexity index is 1370. The molecule has 2 amide bonds. The molecule has 0 aliphatic heterocycles. The van der Waals surface area contributed by atoms with Gasteiger partial charge in [-0.15, -0.1) is 0 Å². The molecular formula is C29H33BrClN3O4S. The predicted molar refractivity (Wildman–Crippen MR) is 160 cm³/mol. The zero-order chi connectivity index (χ0) is 28.4. The zero-order valence-corrected chi connectivity index (χ0v) is 25.2. The number of nitrogens with one attached hydrogen (secondary N) is 1. The Balaban J connectivity index is 2.04. The maximum atomic E-state index is 14.0. The first-order valence-corrected chi connectivity index (χ1v) is 15.7. The van der Waals surface area contributed by atoms with Crippen LogP contribution in [0.5, 0.6) is 0 Å². The lowest BCUT2D eigenvalue weighted by Gasteiger charge is -2.33. The third kappa shape index (κ3) is 9.08. The third-order valence-electron chi connectivity index (χ3n) is 6.14. The molecule has 0 saturated heterocycles. The number of anilines is 1. The van der Waals surface area contributed by atoms with Crippen LogP contribution in [0.1, 0.15) is 30.9 Å². The Hall–Kier alpha value is -2.88. The number of sulfonamides is 1. The van der Waals surface area contributed by atoms with Gasteiger partial charge in [0.05, 0.1) is 17.0 Å². The first-order chi connectivity index (χ1) is 18.6. The molecule has 1 unspecified atom stereocenters. The molecular weight excluding hydrogens is 602 g/mol. The number of carbonyl (C=O) groups is 2. The van der Waals surface area contributed by atoms with Crippen molar-refractivity contribution in [2.24, 2.45) is 0 Å². The van der Waals surface area contributed by atoms with E-state index in [2.05, 4.69) is 21.2 Å². The fourth-order valence-corrected chi connectivity index (χ4v) is 5.74. The summed E-state index contributed by atoms with van der Waals surface area (Å²) in [7, 11) is -3.88. The molecule has 7 nitrogen and oxygen atoms in total. The van der Waals surface area contributed by atoms with Crippen LogP contribution in [-0.2, 0) is 32.6 Å². The molecule has 39 heavy (non-hydrogen) atoms. The van der Waals surface area contributed by atoms with Crippen LogP contribution < -0.4 is 9.62 Å². The molecule has 0 saturated carbocycles. The fourth-order valence-electron chi connectivity index (χ4n) is 4.14. The van der Waals surface area contributed by atoms with E-state index in [0.717, 1.165) is 39.0 Å². The number of rotatable bonds is 13. The van der Waals surface area contributed by atoms with Crippen molar-refractivity contribution in [2.75, 3.05) is 23.7 Å². The van der Waals surface area contributed by atoms with Gasteiger partial charge in [0, 0.05) is 24.0 Å². The lowest BCUT2D eigenvalue weighted by Crippen LogP contribution is -2.53. The van der Waals surface area contributed by atoms with Crippen LogP contribution in [0.4, 0.5) is 5.69 Å². The molecule has 0 bridgehead atoms. The van der Waals surface area contributed by atoms with E-state index in [4.69, 9.17) is 11.6 Å². The third-order valence-corrected chi connectivity index (χ3v) is 8.08. The van der Waals surface area contributed by atoms with Crippen molar-refractivity contribution in [3.05, 3.63) is 99.5 Å². The Morgan fingerprint density at radius 3 is 2.28 bits per heavy atom. The van der Waals surface area contributed by atoms with Crippen molar-refractivity contribution in [1.82, 2.24) is 10.2 Å². The lowest BCUT2D eigenvalue weighted by atomic mass is 10.0. The van der Waals surface area contributed by atoms with Crippen LogP contribution in [0.15, 0.2) is 83.3 Å². The molecule has 0 radical (unpaired) electrons. The largest absolute Gasteiger partial charge is 0.354 e. The molecule has 0 fully saturated rings. The van der Waals surface area contributed by atoms with Crippen molar-refractivity contribution < 1.29 is 18.0 Å². The lowest BCUT2D eigenvalue weighted by molar-refractivity contribution is -0.140. The molecule has 0 aliphatic carbocycles. The number of hydrogen-bond donors (Lipinski definition) is 1. The molecule has 3 rings (SSSR count). The Labute approximate surface area is 244 Å². The van der Waals surface area contributed by atoms with E-state index in [-0.39, 0.29) is 29.6 Å². The van der Waals surface area contributed by atoms with Gasteiger partial charge in [0.1, 0.15) is 12.6 Å². The standard InChI is InChI=1S/C29H33BrClN3O4S/c1-3-4-17-32-29(36)27(19-22-11-6-5-7-12-22)33(20-23-13-10-14-24(30)18-23)28(35)21-34(39(2,37)38)26-16-9-8-15-25(26)31/h5-16,18,27H,3-4,17,19-21H2,1-2H3,(H,32,36). The fraction of sp³-hybridized carbons (Fsp3) is 0.310. The topological polar surface area (TPSA) is 86.8 Å². The van der Waals surface area contributed by atoms with Crippen LogP contribution in [-0.4, -0.2) is 50.5 Å². The summed E-state index contributed by atoms with van der Waals surface area (Å²) in [6.07, 6.45) is 3.01. The van der Waals surface area contributed by atoms with Crippen LogP contribution in [0, 0.1) is 0 Å². The van der Waals surface area contributed by atoms with Gasteiger partial charge in [-0.2, -0.15) is 0 Å². The number of nitrogens with zero attached hydrogens (tertiary/aromatic N) is 2. The summed E-state index contributed by atoms with van der Waals surface area (Å²) >= 11 is 9.80. The average Bonchev–Trinajstić information content (AvgIpc) is 2.90. The number of amides is 2. The van der Waals surface area contributed by atoms with Crippen molar-refractivity contribution >= 4 is 55.1 Å². The van der Waals surface area contributed by atoms with Crippen molar-refractivity contribution in [2.45, 2.75) is 38.8 Å². The van der Waals surface area contributed by atoms with Gasteiger partial charge in [-0.1, -0.05) is 95.5 Å². The summed E-state index contributed by atoms with van der Waals surface area (Å²) in [5.74, 6) is -0.814. The summed E-state index contributed by atoms with van der Waals surface area (Å²) in [6.45, 7) is 2.11. The monoisotopic (exact) mass is 633 g/mol. The van der Waals surface area contributed by atoms with Gasteiger partial charge in [-0.3, -0.25) is 13.9 Å². The minimum absolute atomic E-state index is 0.108. The van der Waals surface area contributed by atoms with Crippen LogP contribution >= 0.6 is 27.5 Å². The molecule has 3 aromatic carbocycles. The van der Waals surface area contributed by atoms with E-state index in [9.17, 15) is 18.0 Å². The summed E-state index contributed by atoms with van der Waals surface area (Å²) in [6, 6.07) is 22.5. The van der Waals surface area contributed by atoms with E-state index < -0.39 is 28.5 Å². The highest BCUT2D eigenvalue weighted by atomic mass is 79.9. The van der Waals surface area contributed by atoms with Gasteiger partial charge in [0.15, 0.2) is 0 Å². The number of para-hydroxylation sites is 1. The molecule has 1 atom stereocenters. The SMILES string of the molecule is CCCCNC(=O)C(Cc1ccccc1)N(Cc1cccc(Br)c1)C(=O)CN(c1ccccc1Cl)S(C)(=O)=O. The minimum Gasteiger partial charge on any atom is -0.354 e. The van der Waals surface area contributed by atoms with Crippen LogP contribution in [0.25, 0.3) is 0 Å². The first-order valence-electron chi connectivity index (χ1n) is 12.7. The summed E-state index contributed by atoms with van der Waals surface area (Å²) in [5.41, 5.74) is 1.87. The van der Waals surface area contributed by atoms with Crippen molar-refractivity contribution in [1.29, 1.82) is 0 Å². The van der Waals surface area contributed by atoms with Crippen LogP contribution in [0.2, 0.25) is 5.02 Å². The molecule has 0 spiro atoms. The summed E-state index contributed by atoms with van der Waals surface area (Å²) < 4.78 is 27.5.